The molecule has 1 aliphatic rings. The average molecular weight is 555 g/mol. The largest absolute Gasteiger partial charge is 0.437 e. The highest BCUT2D eigenvalue weighted by atomic mass is 19.4. The third-order valence-electron chi connectivity index (χ3n) is 6.66. The van der Waals surface area contributed by atoms with Crippen LogP contribution in [0.3, 0.4) is 0 Å². The molecule has 0 bridgehead atoms. The lowest BCUT2D eigenvalue weighted by molar-refractivity contribution is -0.140. The number of alkyl halides is 3. The molecular formula is C27H22F4N6O3. The Morgan fingerprint density at radius 3 is 2.35 bits per heavy atom. The van der Waals surface area contributed by atoms with Gasteiger partial charge in [-0.2, -0.15) is 18.3 Å². The predicted octanol–water partition coefficient (Wildman–Crippen LogP) is 4.14. The molecule has 3 heterocycles. The van der Waals surface area contributed by atoms with Crippen LogP contribution >= 0.6 is 0 Å². The van der Waals surface area contributed by atoms with E-state index in [9.17, 15) is 31.9 Å². The fraction of sp³-hybridized carbons (Fsp3) is 0.222. The number of fused-ring (bicyclic) bond motifs is 1. The molecule has 40 heavy (non-hydrogen) atoms. The van der Waals surface area contributed by atoms with E-state index in [0.29, 0.717) is 24.2 Å². The van der Waals surface area contributed by atoms with Crippen LogP contribution in [0.1, 0.15) is 54.6 Å². The van der Waals surface area contributed by atoms with Crippen LogP contribution in [-0.2, 0) is 12.7 Å². The summed E-state index contributed by atoms with van der Waals surface area (Å²) in [5.74, 6) is -2.80. The fourth-order valence-electron chi connectivity index (χ4n) is 4.38. The minimum atomic E-state index is -4.91. The number of amides is 3. The highest BCUT2D eigenvalue weighted by Gasteiger charge is 2.39. The van der Waals surface area contributed by atoms with Gasteiger partial charge in [0.2, 0.25) is 5.91 Å². The Morgan fingerprint density at radius 2 is 1.75 bits per heavy atom. The molecule has 1 aliphatic heterocycles. The van der Waals surface area contributed by atoms with Gasteiger partial charge in [0, 0.05) is 30.1 Å². The van der Waals surface area contributed by atoms with Crippen molar-refractivity contribution in [2.75, 3.05) is 18.4 Å². The van der Waals surface area contributed by atoms with Gasteiger partial charge in [-0.05, 0) is 49.2 Å². The number of halogens is 4. The molecule has 0 saturated carbocycles. The number of primary amides is 1. The molecule has 0 aliphatic carbocycles. The van der Waals surface area contributed by atoms with Gasteiger partial charge in [-0.3, -0.25) is 19.1 Å². The normalized spacial score (nSPS) is 13.3. The van der Waals surface area contributed by atoms with Crippen molar-refractivity contribution < 1.29 is 31.9 Å². The van der Waals surface area contributed by atoms with Crippen LogP contribution in [0.2, 0.25) is 0 Å². The van der Waals surface area contributed by atoms with Crippen LogP contribution in [0.25, 0.3) is 10.9 Å². The number of hydrogen-bond acceptors (Lipinski definition) is 5. The molecule has 5 rings (SSSR count). The summed E-state index contributed by atoms with van der Waals surface area (Å²) < 4.78 is 56.6. The standard InChI is InChI=1S/C27H22F4N6O3/c1-14-22(34-25(39)21-12-19(24(32)38)18-8-7-17(28)11-20(18)33-21)23(27(29,30)31)35-37(14)13-15-3-5-16(6-4-15)26(40)36-9-2-10-36/h3-8,11-12H,2,9-10,13H2,1H3,(H2,32,38)(H,34,39). The Hall–Kier alpha value is -4.81. The van der Waals surface area contributed by atoms with E-state index in [4.69, 9.17) is 5.73 Å². The summed E-state index contributed by atoms with van der Waals surface area (Å²) in [5.41, 5.74) is 3.89. The second-order valence-corrected chi connectivity index (χ2v) is 9.34. The molecule has 206 valence electrons. The first kappa shape index (κ1) is 26.8. The van der Waals surface area contributed by atoms with Crippen molar-refractivity contribution in [3.05, 3.63) is 88.1 Å². The summed E-state index contributed by atoms with van der Waals surface area (Å²) in [6.07, 6.45) is -3.96. The summed E-state index contributed by atoms with van der Waals surface area (Å²) >= 11 is 0. The highest BCUT2D eigenvalue weighted by Crippen LogP contribution is 2.36. The molecule has 1 saturated heterocycles. The van der Waals surface area contributed by atoms with Gasteiger partial charge in [0.15, 0.2) is 5.69 Å². The lowest BCUT2D eigenvalue weighted by Gasteiger charge is -2.30. The summed E-state index contributed by atoms with van der Waals surface area (Å²) in [7, 11) is 0. The topological polar surface area (TPSA) is 123 Å². The zero-order valence-corrected chi connectivity index (χ0v) is 21.1. The van der Waals surface area contributed by atoms with Gasteiger partial charge in [0.05, 0.1) is 29.0 Å². The van der Waals surface area contributed by atoms with Gasteiger partial charge >= 0.3 is 6.18 Å². The third-order valence-corrected chi connectivity index (χ3v) is 6.66. The molecule has 0 radical (unpaired) electrons. The van der Waals surface area contributed by atoms with Crippen LogP contribution in [0.5, 0.6) is 0 Å². The first-order valence-corrected chi connectivity index (χ1v) is 12.2. The van der Waals surface area contributed by atoms with Crippen LogP contribution in [0.15, 0.2) is 48.5 Å². The number of nitrogens with zero attached hydrogens (tertiary/aromatic N) is 4. The van der Waals surface area contributed by atoms with E-state index in [0.717, 1.165) is 29.3 Å². The van der Waals surface area contributed by atoms with Crippen LogP contribution in [-0.4, -0.2) is 50.5 Å². The number of hydrogen-bond donors (Lipinski definition) is 2. The lowest BCUT2D eigenvalue weighted by atomic mass is 10.1. The lowest BCUT2D eigenvalue weighted by Crippen LogP contribution is -2.41. The van der Waals surface area contributed by atoms with Crippen molar-refractivity contribution in [1.29, 1.82) is 0 Å². The molecular weight excluding hydrogens is 532 g/mol. The zero-order chi connectivity index (χ0) is 28.8. The van der Waals surface area contributed by atoms with Crippen molar-refractivity contribution in [2.45, 2.75) is 26.1 Å². The van der Waals surface area contributed by atoms with Crippen LogP contribution < -0.4 is 11.1 Å². The van der Waals surface area contributed by atoms with E-state index in [1.807, 2.05) is 0 Å². The smallest absolute Gasteiger partial charge is 0.366 e. The fourth-order valence-corrected chi connectivity index (χ4v) is 4.38. The number of carbonyl (C=O) groups is 3. The Labute approximate surface area is 224 Å². The molecule has 2 aromatic carbocycles. The van der Waals surface area contributed by atoms with Crippen LogP contribution in [0.4, 0.5) is 23.2 Å². The molecule has 0 unspecified atom stereocenters. The van der Waals surface area contributed by atoms with E-state index in [1.165, 1.54) is 13.0 Å². The molecule has 4 aromatic rings. The van der Waals surface area contributed by atoms with E-state index in [1.54, 1.807) is 29.2 Å². The average Bonchev–Trinajstić information content (AvgIpc) is 3.17. The van der Waals surface area contributed by atoms with Gasteiger partial charge in [-0.1, -0.05) is 12.1 Å². The van der Waals surface area contributed by atoms with E-state index >= 15 is 0 Å². The molecule has 1 fully saturated rings. The van der Waals surface area contributed by atoms with Crippen molar-refractivity contribution in [3.8, 4) is 0 Å². The number of anilines is 1. The number of benzene rings is 2. The molecule has 13 heteroatoms. The highest BCUT2D eigenvalue weighted by molar-refractivity contribution is 6.10. The Morgan fingerprint density at radius 1 is 1.05 bits per heavy atom. The predicted molar refractivity (Wildman–Crippen MR) is 136 cm³/mol. The van der Waals surface area contributed by atoms with Crippen LogP contribution in [0, 0.1) is 12.7 Å². The first-order chi connectivity index (χ1) is 18.9. The minimum Gasteiger partial charge on any atom is -0.366 e. The summed E-state index contributed by atoms with van der Waals surface area (Å²) in [6, 6.07) is 10.8. The summed E-state index contributed by atoms with van der Waals surface area (Å²) in [5, 5.41) is 6.08. The number of nitrogens with two attached hydrogens (primary N) is 1. The second-order valence-electron chi connectivity index (χ2n) is 9.34. The number of pyridine rings is 1. The third kappa shape index (κ3) is 5.09. The second kappa shape index (κ2) is 10.1. The SMILES string of the molecule is Cc1c(NC(=O)c2cc(C(N)=O)c3ccc(F)cc3n2)c(C(F)(F)F)nn1Cc1ccc(C(=O)N2CCC2)cc1. The molecule has 0 spiro atoms. The maximum atomic E-state index is 13.9. The Bertz CT molecular complexity index is 1660. The number of carbonyl (C=O) groups excluding carboxylic acids is 3. The maximum Gasteiger partial charge on any atom is 0.437 e. The summed E-state index contributed by atoms with van der Waals surface area (Å²) in [4.78, 5) is 43.1. The molecule has 3 N–H and O–H groups in total. The van der Waals surface area contributed by atoms with Gasteiger partial charge < -0.3 is 16.0 Å². The van der Waals surface area contributed by atoms with Crippen molar-refractivity contribution >= 4 is 34.3 Å². The van der Waals surface area contributed by atoms with Crippen molar-refractivity contribution in [3.63, 3.8) is 0 Å². The van der Waals surface area contributed by atoms with E-state index < -0.39 is 40.9 Å². The van der Waals surface area contributed by atoms with Gasteiger partial charge in [-0.25, -0.2) is 9.37 Å². The van der Waals surface area contributed by atoms with E-state index in [2.05, 4.69) is 15.4 Å². The van der Waals surface area contributed by atoms with Crippen molar-refractivity contribution in [2.24, 2.45) is 5.73 Å². The monoisotopic (exact) mass is 554 g/mol. The number of likely N-dealkylation sites (tertiary alicyclic amines) is 1. The first-order valence-electron chi connectivity index (χ1n) is 12.2. The number of aromatic nitrogens is 3. The zero-order valence-electron chi connectivity index (χ0n) is 21.1. The van der Waals surface area contributed by atoms with Crippen molar-refractivity contribution in [1.82, 2.24) is 19.7 Å². The summed E-state index contributed by atoms with van der Waals surface area (Å²) in [6.45, 7) is 2.68. The molecule has 2 aromatic heterocycles. The number of nitrogens with one attached hydrogen (secondary N) is 1. The quantitative estimate of drug-likeness (QED) is 0.347. The Balaban J connectivity index is 1.45. The number of rotatable bonds is 6. The van der Waals surface area contributed by atoms with Gasteiger partial charge in [0.25, 0.3) is 11.8 Å². The molecule has 0 atom stereocenters. The van der Waals surface area contributed by atoms with Gasteiger partial charge in [-0.15, -0.1) is 0 Å². The molecule has 3 amide bonds. The minimum absolute atomic E-state index is 0.00312. The molecule has 9 nitrogen and oxygen atoms in total. The van der Waals surface area contributed by atoms with Gasteiger partial charge in [0.1, 0.15) is 11.5 Å². The maximum absolute atomic E-state index is 13.9. The Kier molecular flexibility index (Phi) is 6.74. The van der Waals surface area contributed by atoms with E-state index in [-0.39, 0.29) is 34.6 Å².